The Morgan fingerprint density at radius 3 is 1.76 bits per heavy atom. The van der Waals surface area contributed by atoms with Gasteiger partial charge < -0.3 is 10.0 Å². The predicted molar refractivity (Wildman–Crippen MR) is 164 cm³/mol. The summed E-state index contributed by atoms with van der Waals surface area (Å²) in [6.45, 7) is 4.56. The number of amides is 1. The van der Waals surface area contributed by atoms with Crippen LogP contribution in [0.2, 0.25) is 0 Å². The van der Waals surface area contributed by atoms with E-state index in [1.54, 1.807) is 24.3 Å². The second kappa shape index (κ2) is 16.7. The van der Waals surface area contributed by atoms with Crippen LogP contribution in [0.25, 0.3) is 5.76 Å². The molecule has 0 spiro atoms. The number of aryl methyl sites for hydroxylation is 1. The van der Waals surface area contributed by atoms with Gasteiger partial charge in [0, 0.05) is 24.2 Å². The standard InChI is InChI=1S/C34H46N2O5/c1-3-4-5-6-7-8-9-10-11-12-13-14-15-16-25-35-31(27-21-23-29(24-22-27)36(40)41)30(33(38)34(35)39)32(37)28-19-17-26(2)18-20-28/h17-24,31,37H,3-16,25H2,1-2H3. The smallest absolute Gasteiger partial charge is 0.295 e. The number of aliphatic hydroxyl groups excluding tert-OH is 1. The van der Waals surface area contributed by atoms with Gasteiger partial charge in [-0.15, -0.1) is 0 Å². The fourth-order valence-corrected chi connectivity index (χ4v) is 5.58. The molecule has 41 heavy (non-hydrogen) atoms. The Hall–Kier alpha value is -3.48. The minimum atomic E-state index is -0.793. The number of unbranched alkanes of at least 4 members (excludes halogenated alkanes) is 13. The number of nitro benzene ring substituents is 1. The third-order valence-corrected chi connectivity index (χ3v) is 8.04. The fourth-order valence-electron chi connectivity index (χ4n) is 5.58. The van der Waals surface area contributed by atoms with Crippen molar-refractivity contribution in [2.24, 2.45) is 0 Å². The highest BCUT2D eigenvalue weighted by Crippen LogP contribution is 2.40. The number of hydrogen-bond donors (Lipinski definition) is 1. The zero-order valence-electron chi connectivity index (χ0n) is 24.8. The van der Waals surface area contributed by atoms with E-state index >= 15 is 0 Å². The van der Waals surface area contributed by atoms with Crippen molar-refractivity contribution in [3.63, 3.8) is 0 Å². The Balaban J connectivity index is 1.58. The maximum Gasteiger partial charge on any atom is 0.295 e. The summed E-state index contributed by atoms with van der Waals surface area (Å²) in [6, 6.07) is 12.2. The third-order valence-electron chi connectivity index (χ3n) is 8.04. The molecule has 1 amide bonds. The summed E-state index contributed by atoms with van der Waals surface area (Å²) >= 11 is 0. The van der Waals surface area contributed by atoms with E-state index in [1.165, 1.54) is 81.2 Å². The number of nitrogens with zero attached hydrogens (tertiary/aromatic N) is 2. The molecule has 2 aromatic carbocycles. The Bertz CT molecular complexity index is 1170. The average Bonchev–Trinajstić information content (AvgIpc) is 3.22. The molecule has 7 heteroatoms. The second-order valence-corrected chi connectivity index (χ2v) is 11.3. The number of hydrogen-bond acceptors (Lipinski definition) is 5. The van der Waals surface area contributed by atoms with Crippen LogP contribution in [0, 0.1) is 17.0 Å². The molecule has 0 saturated carbocycles. The molecule has 1 atom stereocenters. The summed E-state index contributed by atoms with van der Waals surface area (Å²) in [5.41, 5.74) is 1.98. The zero-order chi connectivity index (χ0) is 29.6. The molecule has 1 fully saturated rings. The lowest BCUT2D eigenvalue weighted by Gasteiger charge is -2.25. The average molecular weight is 563 g/mol. The summed E-state index contributed by atoms with van der Waals surface area (Å²) < 4.78 is 0. The van der Waals surface area contributed by atoms with Crippen LogP contribution in [0.4, 0.5) is 5.69 Å². The van der Waals surface area contributed by atoms with E-state index in [0.29, 0.717) is 17.7 Å². The van der Waals surface area contributed by atoms with Gasteiger partial charge in [0.05, 0.1) is 16.5 Å². The van der Waals surface area contributed by atoms with Gasteiger partial charge in [-0.3, -0.25) is 19.7 Å². The van der Waals surface area contributed by atoms with Gasteiger partial charge in [-0.05, 0) is 31.0 Å². The van der Waals surface area contributed by atoms with Gasteiger partial charge in [0.2, 0.25) is 0 Å². The molecule has 0 radical (unpaired) electrons. The van der Waals surface area contributed by atoms with Gasteiger partial charge in [0.25, 0.3) is 17.4 Å². The van der Waals surface area contributed by atoms with Gasteiger partial charge in [-0.25, -0.2) is 0 Å². The predicted octanol–water partition coefficient (Wildman–Crippen LogP) is 8.81. The molecule has 1 heterocycles. The Morgan fingerprint density at radius 2 is 1.27 bits per heavy atom. The molecule has 1 saturated heterocycles. The number of aliphatic hydroxyl groups is 1. The molecule has 2 aromatic rings. The quantitative estimate of drug-likeness (QED) is 0.0488. The van der Waals surface area contributed by atoms with Crippen LogP contribution >= 0.6 is 0 Å². The highest BCUT2D eigenvalue weighted by atomic mass is 16.6. The molecule has 222 valence electrons. The van der Waals surface area contributed by atoms with E-state index in [2.05, 4.69) is 6.92 Å². The number of Topliss-reactive ketones (excluding diaryl/α,β-unsaturated/α-hetero) is 1. The summed E-state index contributed by atoms with van der Waals surface area (Å²) in [4.78, 5) is 38.6. The van der Waals surface area contributed by atoms with Crippen LogP contribution in [-0.4, -0.2) is 33.2 Å². The minimum Gasteiger partial charge on any atom is -0.507 e. The van der Waals surface area contributed by atoms with Crippen LogP contribution in [0.1, 0.15) is 120 Å². The van der Waals surface area contributed by atoms with Gasteiger partial charge >= 0.3 is 0 Å². The van der Waals surface area contributed by atoms with Crippen LogP contribution in [0.5, 0.6) is 0 Å². The topological polar surface area (TPSA) is 101 Å². The number of ketones is 1. The number of rotatable bonds is 18. The normalized spacial score (nSPS) is 16.4. The summed E-state index contributed by atoms with van der Waals surface area (Å²) in [5.74, 6) is -1.59. The highest BCUT2D eigenvalue weighted by molar-refractivity contribution is 6.46. The monoisotopic (exact) mass is 562 g/mol. The largest absolute Gasteiger partial charge is 0.507 e. The number of non-ortho nitro benzene ring substituents is 1. The van der Waals surface area contributed by atoms with Crippen molar-refractivity contribution in [1.82, 2.24) is 4.90 Å². The Morgan fingerprint density at radius 1 is 0.780 bits per heavy atom. The van der Waals surface area contributed by atoms with Crippen molar-refractivity contribution in [3.8, 4) is 0 Å². The molecule has 7 nitrogen and oxygen atoms in total. The Labute approximate surface area is 244 Å². The number of benzene rings is 2. The minimum absolute atomic E-state index is 0.0260. The van der Waals surface area contributed by atoms with Crippen LogP contribution in [-0.2, 0) is 9.59 Å². The maximum absolute atomic E-state index is 13.2. The van der Waals surface area contributed by atoms with Crippen molar-refractivity contribution < 1.29 is 19.6 Å². The van der Waals surface area contributed by atoms with Gasteiger partial charge in [0.15, 0.2) is 0 Å². The third kappa shape index (κ3) is 9.27. The van der Waals surface area contributed by atoms with E-state index < -0.39 is 22.7 Å². The van der Waals surface area contributed by atoms with Gasteiger partial charge in [-0.1, -0.05) is 120 Å². The summed E-state index contributed by atoms with van der Waals surface area (Å²) in [7, 11) is 0. The molecule has 0 aromatic heterocycles. The first-order valence-electron chi connectivity index (χ1n) is 15.4. The van der Waals surface area contributed by atoms with E-state index in [1.807, 2.05) is 19.1 Å². The summed E-state index contributed by atoms with van der Waals surface area (Å²) in [5, 5.41) is 22.3. The number of nitro groups is 1. The lowest BCUT2D eigenvalue weighted by Crippen LogP contribution is -2.30. The SMILES string of the molecule is CCCCCCCCCCCCCCCCN1C(=O)C(=O)C(=C(O)c2ccc(C)cc2)C1c1ccc([N+](=O)[O-])cc1. The van der Waals surface area contributed by atoms with E-state index in [0.717, 1.165) is 31.2 Å². The Kier molecular flexibility index (Phi) is 13.1. The van der Waals surface area contributed by atoms with Gasteiger partial charge in [-0.2, -0.15) is 0 Å². The molecule has 0 aliphatic carbocycles. The highest BCUT2D eigenvalue weighted by Gasteiger charge is 2.45. The summed E-state index contributed by atoms with van der Waals surface area (Å²) in [6.07, 6.45) is 17.1. The number of carbonyl (C=O) groups is 2. The lowest BCUT2D eigenvalue weighted by atomic mass is 9.95. The molecule has 1 aliphatic rings. The number of likely N-dealkylation sites (tertiary alicyclic amines) is 1. The molecule has 0 bridgehead atoms. The molecule has 1 unspecified atom stereocenters. The maximum atomic E-state index is 13.2. The first-order valence-corrected chi connectivity index (χ1v) is 15.4. The van der Waals surface area contributed by atoms with Crippen molar-refractivity contribution >= 4 is 23.1 Å². The molecular weight excluding hydrogens is 516 g/mol. The first kappa shape index (κ1) is 32.0. The molecule has 1 aliphatic heterocycles. The van der Waals surface area contributed by atoms with Crippen molar-refractivity contribution in [3.05, 3.63) is 80.9 Å². The molecule has 1 N–H and O–H groups in total. The molecular formula is C34H46N2O5. The van der Waals surface area contributed by atoms with E-state index in [9.17, 15) is 24.8 Å². The van der Waals surface area contributed by atoms with Crippen molar-refractivity contribution in [2.75, 3.05) is 6.54 Å². The van der Waals surface area contributed by atoms with Crippen LogP contribution < -0.4 is 0 Å². The fraction of sp³-hybridized carbons (Fsp3) is 0.529. The molecule has 3 rings (SSSR count). The van der Waals surface area contributed by atoms with Gasteiger partial charge in [0.1, 0.15) is 5.76 Å². The van der Waals surface area contributed by atoms with Crippen molar-refractivity contribution in [2.45, 2.75) is 110 Å². The van der Waals surface area contributed by atoms with E-state index in [4.69, 9.17) is 0 Å². The number of carbonyl (C=O) groups excluding carboxylic acids is 2. The van der Waals surface area contributed by atoms with Crippen LogP contribution in [0.3, 0.4) is 0 Å². The first-order chi connectivity index (χ1) is 19.8. The zero-order valence-corrected chi connectivity index (χ0v) is 24.8. The second-order valence-electron chi connectivity index (χ2n) is 11.3. The van der Waals surface area contributed by atoms with Crippen molar-refractivity contribution in [1.29, 1.82) is 0 Å². The van der Waals surface area contributed by atoms with Crippen LogP contribution in [0.15, 0.2) is 54.1 Å². The lowest BCUT2D eigenvalue weighted by molar-refractivity contribution is -0.384. The van der Waals surface area contributed by atoms with E-state index in [-0.39, 0.29) is 17.0 Å².